The quantitative estimate of drug-likeness (QED) is 0.940. The number of fused-ring (bicyclic) bond motifs is 1. The minimum atomic E-state index is 0.553. The largest absolute Gasteiger partial charge is 0.376 e. The van der Waals surface area contributed by atoms with Crippen LogP contribution in [0.4, 0.5) is 5.82 Å². The molecule has 0 amide bonds. The maximum Gasteiger partial charge on any atom is 0.181 e. The third kappa shape index (κ3) is 2.99. The number of nitrogens with zero attached hydrogens (tertiary/aromatic N) is 3. The van der Waals surface area contributed by atoms with Crippen molar-refractivity contribution in [3.05, 3.63) is 34.6 Å². The Morgan fingerprint density at radius 1 is 1.38 bits per heavy atom. The van der Waals surface area contributed by atoms with E-state index in [1.165, 1.54) is 0 Å². The van der Waals surface area contributed by atoms with Gasteiger partial charge in [-0.2, -0.15) is 0 Å². The third-order valence-electron chi connectivity index (χ3n) is 3.34. The van der Waals surface area contributed by atoms with Crippen LogP contribution in [-0.2, 0) is 17.8 Å². The van der Waals surface area contributed by atoms with E-state index in [4.69, 9.17) is 16.3 Å². The summed E-state index contributed by atoms with van der Waals surface area (Å²) in [6.45, 7) is 4.22. The molecule has 0 atom stereocenters. The number of hydrogen-bond acceptors (Lipinski definition) is 5. The van der Waals surface area contributed by atoms with Crippen LogP contribution in [0.15, 0.2) is 18.3 Å². The number of hydrogen-bond donors (Lipinski definition) is 1. The molecule has 3 heterocycles. The summed E-state index contributed by atoms with van der Waals surface area (Å²) in [4.78, 5) is 13.5. The van der Waals surface area contributed by atoms with Crippen LogP contribution in [0, 0.1) is 0 Å². The molecule has 2 aromatic heterocycles. The Labute approximate surface area is 128 Å². The lowest BCUT2D eigenvalue weighted by Crippen LogP contribution is -2.17. The molecule has 1 aliphatic heterocycles. The van der Waals surface area contributed by atoms with Gasteiger partial charge in [0.25, 0.3) is 0 Å². The van der Waals surface area contributed by atoms with Gasteiger partial charge in [0.1, 0.15) is 11.5 Å². The monoisotopic (exact) mass is 304 g/mol. The number of anilines is 1. The first-order valence-corrected chi connectivity index (χ1v) is 7.49. The molecule has 0 bridgehead atoms. The first kappa shape index (κ1) is 14.2. The van der Waals surface area contributed by atoms with Crippen LogP contribution in [-0.4, -0.2) is 28.1 Å². The van der Waals surface area contributed by atoms with Gasteiger partial charge >= 0.3 is 0 Å². The first-order chi connectivity index (χ1) is 10.3. The zero-order chi connectivity index (χ0) is 14.7. The Balaban J connectivity index is 2.07. The smallest absolute Gasteiger partial charge is 0.181 e. The Hall–Kier alpha value is -1.72. The SMILES string of the molecule is CCCNc1nc(-c2ncccc2Cl)nc2c1COCC2. The van der Waals surface area contributed by atoms with Crippen molar-refractivity contribution < 1.29 is 4.74 Å². The van der Waals surface area contributed by atoms with Gasteiger partial charge < -0.3 is 10.1 Å². The fraction of sp³-hybridized carbons (Fsp3) is 0.400. The summed E-state index contributed by atoms with van der Waals surface area (Å²) in [5, 5.41) is 3.91. The van der Waals surface area contributed by atoms with Crippen molar-refractivity contribution in [2.24, 2.45) is 0 Å². The van der Waals surface area contributed by atoms with Gasteiger partial charge in [-0.05, 0) is 18.6 Å². The fourth-order valence-corrected chi connectivity index (χ4v) is 2.48. The van der Waals surface area contributed by atoms with Crippen LogP contribution in [0.3, 0.4) is 0 Å². The van der Waals surface area contributed by atoms with Gasteiger partial charge in [-0.1, -0.05) is 18.5 Å². The van der Waals surface area contributed by atoms with E-state index >= 15 is 0 Å². The molecule has 110 valence electrons. The van der Waals surface area contributed by atoms with Crippen LogP contribution in [0.1, 0.15) is 24.6 Å². The minimum absolute atomic E-state index is 0.553. The summed E-state index contributed by atoms with van der Waals surface area (Å²) in [6.07, 6.45) is 3.52. The predicted molar refractivity (Wildman–Crippen MR) is 82.4 cm³/mol. The van der Waals surface area contributed by atoms with Gasteiger partial charge in [0, 0.05) is 24.7 Å². The molecule has 21 heavy (non-hydrogen) atoms. The van der Waals surface area contributed by atoms with Crippen molar-refractivity contribution in [2.75, 3.05) is 18.5 Å². The predicted octanol–water partition coefficient (Wildman–Crippen LogP) is 3.09. The maximum absolute atomic E-state index is 6.21. The first-order valence-electron chi connectivity index (χ1n) is 7.12. The van der Waals surface area contributed by atoms with Gasteiger partial charge in [0.15, 0.2) is 5.82 Å². The molecule has 6 heteroatoms. The van der Waals surface area contributed by atoms with Crippen molar-refractivity contribution >= 4 is 17.4 Å². The number of aromatic nitrogens is 3. The van der Waals surface area contributed by atoms with Gasteiger partial charge in [-0.15, -0.1) is 0 Å². The van der Waals surface area contributed by atoms with Crippen molar-refractivity contribution in [1.82, 2.24) is 15.0 Å². The molecule has 0 radical (unpaired) electrons. The molecule has 0 aliphatic carbocycles. The van der Waals surface area contributed by atoms with E-state index in [9.17, 15) is 0 Å². The molecule has 1 aliphatic rings. The maximum atomic E-state index is 6.21. The molecule has 0 saturated carbocycles. The zero-order valence-electron chi connectivity index (χ0n) is 11.9. The van der Waals surface area contributed by atoms with E-state index in [0.29, 0.717) is 29.8 Å². The number of rotatable bonds is 4. The second-order valence-electron chi connectivity index (χ2n) is 4.88. The number of nitrogens with one attached hydrogen (secondary N) is 1. The Bertz CT molecular complexity index is 648. The molecule has 0 saturated heterocycles. The van der Waals surface area contributed by atoms with Crippen molar-refractivity contribution in [1.29, 1.82) is 0 Å². The molecule has 0 fully saturated rings. The summed E-state index contributed by atoms with van der Waals surface area (Å²) >= 11 is 6.21. The van der Waals surface area contributed by atoms with E-state index < -0.39 is 0 Å². The zero-order valence-corrected chi connectivity index (χ0v) is 12.7. The van der Waals surface area contributed by atoms with Crippen LogP contribution in [0.2, 0.25) is 5.02 Å². The second-order valence-corrected chi connectivity index (χ2v) is 5.29. The lowest BCUT2D eigenvalue weighted by Gasteiger charge is -2.20. The van der Waals surface area contributed by atoms with Crippen LogP contribution in [0.25, 0.3) is 11.5 Å². The van der Waals surface area contributed by atoms with Crippen LogP contribution in [0.5, 0.6) is 0 Å². The number of pyridine rings is 1. The summed E-state index contributed by atoms with van der Waals surface area (Å²) in [6, 6.07) is 3.60. The van der Waals surface area contributed by atoms with E-state index in [1.54, 1.807) is 18.3 Å². The number of halogens is 1. The van der Waals surface area contributed by atoms with E-state index in [2.05, 4.69) is 27.2 Å². The van der Waals surface area contributed by atoms with Crippen molar-refractivity contribution in [2.45, 2.75) is 26.4 Å². The van der Waals surface area contributed by atoms with Crippen LogP contribution >= 0.6 is 11.6 Å². The standard InChI is InChI=1S/C15H17ClN4O/c1-2-6-18-14-10-9-21-8-5-12(10)19-15(20-14)13-11(16)4-3-7-17-13/h3-4,7H,2,5-6,8-9H2,1H3,(H,18,19,20). The molecular formula is C15H17ClN4O. The van der Waals surface area contributed by atoms with E-state index in [1.807, 2.05) is 0 Å². The number of ether oxygens (including phenoxy) is 1. The highest BCUT2D eigenvalue weighted by Gasteiger charge is 2.20. The molecule has 2 aromatic rings. The molecule has 3 rings (SSSR count). The molecule has 5 nitrogen and oxygen atoms in total. The molecular weight excluding hydrogens is 288 g/mol. The lowest BCUT2D eigenvalue weighted by molar-refractivity contribution is 0.109. The Kier molecular flexibility index (Phi) is 4.31. The van der Waals surface area contributed by atoms with E-state index in [0.717, 1.165) is 36.5 Å². The summed E-state index contributed by atoms with van der Waals surface area (Å²) in [5.74, 6) is 1.40. The average molecular weight is 305 g/mol. The van der Waals surface area contributed by atoms with E-state index in [-0.39, 0.29) is 0 Å². The molecule has 0 aromatic carbocycles. The summed E-state index contributed by atoms with van der Waals surface area (Å²) in [5.41, 5.74) is 2.69. The Morgan fingerprint density at radius 3 is 3.10 bits per heavy atom. The highest BCUT2D eigenvalue weighted by Crippen LogP contribution is 2.28. The fourth-order valence-electron chi connectivity index (χ4n) is 2.28. The van der Waals surface area contributed by atoms with Gasteiger partial charge in [-0.3, -0.25) is 4.98 Å². The third-order valence-corrected chi connectivity index (χ3v) is 3.64. The highest BCUT2D eigenvalue weighted by atomic mass is 35.5. The average Bonchev–Trinajstić information content (AvgIpc) is 2.53. The Morgan fingerprint density at radius 2 is 2.29 bits per heavy atom. The molecule has 0 unspecified atom stereocenters. The van der Waals surface area contributed by atoms with Crippen LogP contribution < -0.4 is 5.32 Å². The topological polar surface area (TPSA) is 59.9 Å². The second kappa shape index (κ2) is 6.37. The summed E-state index contributed by atoms with van der Waals surface area (Å²) in [7, 11) is 0. The van der Waals surface area contributed by atoms with Crippen molar-refractivity contribution in [3.63, 3.8) is 0 Å². The highest BCUT2D eigenvalue weighted by molar-refractivity contribution is 6.32. The van der Waals surface area contributed by atoms with Gasteiger partial charge in [-0.25, -0.2) is 9.97 Å². The van der Waals surface area contributed by atoms with Gasteiger partial charge in [0.05, 0.1) is 23.9 Å². The molecule has 0 spiro atoms. The summed E-state index contributed by atoms with van der Waals surface area (Å²) < 4.78 is 5.52. The molecule has 1 N–H and O–H groups in total. The minimum Gasteiger partial charge on any atom is -0.376 e. The van der Waals surface area contributed by atoms with Crippen molar-refractivity contribution in [3.8, 4) is 11.5 Å². The normalized spacial score (nSPS) is 13.8. The lowest BCUT2D eigenvalue weighted by atomic mass is 10.1. The van der Waals surface area contributed by atoms with Gasteiger partial charge in [0.2, 0.25) is 0 Å².